The molecule has 3 rings (SSSR count). The molecular formula is C16H9Cl2F3N2O2S. The van der Waals surface area contributed by atoms with Crippen molar-refractivity contribution in [2.75, 3.05) is 11.9 Å². The van der Waals surface area contributed by atoms with E-state index in [1.807, 2.05) is 0 Å². The van der Waals surface area contributed by atoms with E-state index in [1.165, 1.54) is 24.3 Å². The monoisotopic (exact) mass is 420 g/mol. The quantitative estimate of drug-likeness (QED) is 0.593. The molecule has 4 nitrogen and oxygen atoms in total. The molecule has 0 saturated carbocycles. The van der Waals surface area contributed by atoms with Crippen LogP contribution in [0.2, 0.25) is 10.0 Å². The summed E-state index contributed by atoms with van der Waals surface area (Å²) in [4.78, 5) is 15.8. The number of carbonyl (C=O) groups excluding carboxylic acids is 1. The standard InChI is InChI=1S/C16H9Cl2F3N2O2S/c17-8-4-5-11(10(18)6-8)25-7-13(24)22-15-23-14-9(16(19,20)21)2-1-3-12(14)26-15/h1-6H,7H2,(H,22,23,24). The van der Waals surface area contributed by atoms with Gasteiger partial charge in [0, 0.05) is 5.02 Å². The molecule has 1 aromatic heterocycles. The third kappa shape index (κ3) is 4.20. The number of fused-ring (bicyclic) bond motifs is 1. The summed E-state index contributed by atoms with van der Waals surface area (Å²) in [6.07, 6.45) is -4.52. The number of ether oxygens (including phenoxy) is 1. The van der Waals surface area contributed by atoms with Crippen LogP contribution in [0.4, 0.5) is 18.3 Å². The Morgan fingerprint density at radius 3 is 2.69 bits per heavy atom. The van der Waals surface area contributed by atoms with Gasteiger partial charge in [-0.3, -0.25) is 10.1 Å². The van der Waals surface area contributed by atoms with Gasteiger partial charge in [0.25, 0.3) is 5.91 Å². The summed E-state index contributed by atoms with van der Waals surface area (Å²) in [7, 11) is 0. The van der Waals surface area contributed by atoms with E-state index in [-0.39, 0.29) is 28.0 Å². The normalized spacial score (nSPS) is 11.6. The van der Waals surface area contributed by atoms with E-state index in [4.69, 9.17) is 27.9 Å². The van der Waals surface area contributed by atoms with Crippen molar-refractivity contribution in [1.29, 1.82) is 0 Å². The zero-order valence-electron chi connectivity index (χ0n) is 12.7. The fourth-order valence-corrected chi connectivity index (χ4v) is 3.49. The molecule has 1 amide bonds. The van der Waals surface area contributed by atoms with Crippen LogP contribution in [0.15, 0.2) is 36.4 Å². The second-order valence-electron chi connectivity index (χ2n) is 5.08. The Kier molecular flexibility index (Phi) is 5.27. The Balaban J connectivity index is 1.71. The Hall–Kier alpha value is -2.03. The lowest BCUT2D eigenvalue weighted by Gasteiger charge is -2.07. The molecule has 26 heavy (non-hydrogen) atoms. The third-order valence-electron chi connectivity index (χ3n) is 3.22. The Labute approximate surface area is 159 Å². The topological polar surface area (TPSA) is 51.2 Å². The zero-order valence-corrected chi connectivity index (χ0v) is 15.1. The van der Waals surface area contributed by atoms with Crippen LogP contribution in [0.5, 0.6) is 5.75 Å². The van der Waals surface area contributed by atoms with Crippen LogP contribution < -0.4 is 10.1 Å². The van der Waals surface area contributed by atoms with Gasteiger partial charge in [-0.15, -0.1) is 0 Å². The first-order valence-corrected chi connectivity index (χ1v) is 8.66. The average molecular weight is 421 g/mol. The summed E-state index contributed by atoms with van der Waals surface area (Å²) in [5.41, 5.74) is -1.06. The highest BCUT2D eigenvalue weighted by atomic mass is 35.5. The molecule has 0 aliphatic rings. The first-order chi connectivity index (χ1) is 12.2. The van der Waals surface area contributed by atoms with Crippen molar-refractivity contribution in [3.63, 3.8) is 0 Å². The second kappa shape index (κ2) is 7.30. The smallest absolute Gasteiger partial charge is 0.418 e. The zero-order chi connectivity index (χ0) is 18.9. The predicted octanol–water partition coefficient (Wildman–Crippen LogP) is 5.64. The molecule has 10 heteroatoms. The number of aromatic nitrogens is 1. The van der Waals surface area contributed by atoms with Gasteiger partial charge in [-0.1, -0.05) is 40.6 Å². The fourth-order valence-electron chi connectivity index (χ4n) is 2.12. The van der Waals surface area contributed by atoms with E-state index >= 15 is 0 Å². The fraction of sp³-hybridized carbons (Fsp3) is 0.125. The first kappa shape index (κ1) is 18.8. The minimum Gasteiger partial charge on any atom is -0.482 e. The van der Waals surface area contributed by atoms with Crippen LogP contribution in [-0.4, -0.2) is 17.5 Å². The number of hydrogen-bond donors (Lipinski definition) is 1. The van der Waals surface area contributed by atoms with E-state index in [9.17, 15) is 18.0 Å². The molecule has 3 aromatic rings. The lowest BCUT2D eigenvalue weighted by Crippen LogP contribution is -2.20. The maximum atomic E-state index is 13.0. The molecule has 0 saturated heterocycles. The van der Waals surface area contributed by atoms with Crippen LogP contribution in [-0.2, 0) is 11.0 Å². The summed E-state index contributed by atoms with van der Waals surface area (Å²) in [5.74, 6) is -0.321. The molecule has 0 atom stereocenters. The van der Waals surface area contributed by atoms with Crippen molar-refractivity contribution in [2.45, 2.75) is 6.18 Å². The number of nitrogens with one attached hydrogen (secondary N) is 1. The molecule has 0 bridgehead atoms. The molecule has 136 valence electrons. The van der Waals surface area contributed by atoms with Gasteiger partial charge in [0.15, 0.2) is 11.7 Å². The predicted molar refractivity (Wildman–Crippen MR) is 95.2 cm³/mol. The first-order valence-electron chi connectivity index (χ1n) is 7.08. The van der Waals surface area contributed by atoms with Crippen molar-refractivity contribution in [3.05, 3.63) is 52.0 Å². The van der Waals surface area contributed by atoms with E-state index in [1.54, 1.807) is 6.07 Å². The van der Waals surface area contributed by atoms with Crippen molar-refractivity contribution in [1.82, 2.24) is 4.98 Å². The molecule has 0 spiro atoms. The number of carbonyl (C=O) groups is 1. The van der Waals surface area contributed by atoms with Gasteiger partial charge < -0.3 is 4.74 Å². The third-order valence-corrected chi connectivity index (χ3v) is 4.69. The summed E-state index contributed by atoms with van der Waals surface area (Å²) in [5, 5.41) is 3.12. The van der Waals surface area contributed by atoms with Gasteiger partial charge in [-0.25, -0.2) is 4.98 Å². The summed E-state index contributed by atoms with van der Waals surface area (Å²) in [6.45, 7) is -0.386. The average Bonchev–Trinajstić information content (AvgIpc) is 2.95. The number of rotatable bonds is 4. The van der Waals surface area contributed by atoms with E-state index < -0.39 is 17.6 Å². The van der Waals surface area contributed by atoms with Gasteiger partial charge in [0.05, 0.1) is 20.8 Å². The van der Waals surface area contributed by atoms with E-state index in [0.717, 1.165) is 17.4 Å². The molecule has 2 aromatic carbocycles. The van der Waals surface area contributed by atoms with Gasteiger partial charge in [-0.2, -0.15) is 13.2 Å². The maximum absolute atomic E-state index is 13.0. The number of amides is 1. The van der Waals surface area contributed by atoms with Crippen LogP contribution in [0.1, 0.15) is 5.56 Å². The number of nitrogens with zero attached hydrogens (tertiary/aromatic N) is 1. The highest BCUT2D eigenvalue weighted by Crippen LogP contribution is 2.37. The minimum absolute atomic E-state index is 0.0486. The van der Waals surface area contributed by atoms with Gasteiger partial charge in [0.2, 0.25) is 0 Å². The number of anilines is 1. The summed E-state index contributed by atoms with van der Waals surface area (Å²) < 4.78 is 44.6. The number of alkyl halides is 3. The molecular weight excluding hydrogens is 412 g/mol. The number of halogens is 5. The molecule has 0 aliphatic heterocycles. The second-order valence-corrected chi connectivity index (χ2v) is 6.95. The number of thiazole rings is 1. The molecule has 0 fully saturated rings. The van der Waals surface area contributed by atoms with Crippen molar-refractivity contribution in [2.24, 2.45) is 0 Å². The highest BCUT2D eigenvalue weighted by Gasteiger charge is 2.33. The van der Waals surface area contributed by atoms with Gasteiger partial charge in [-0.05, 0) is 30.3 Å². The van der Waals surface area contributed by atoms with Gasteiger partial charge >= 0.3 is 6.18 Å². The van der Waals surface area contributed by atoms with Crippen LogP contribution in [0.25, 0.3) is 10.2 Å². The SMILES string of the molecule is O=C(COc1ccc(Cl)cc1Cl)Nc1nc2c(C(F)(F)F)cccc2s1. The largest absolute Gasteiger partial charge is 0.482 e. The van der Waals surface area contributed by atoms with Crippen molar-refractivity contribution in [3.8, 4) is 5.75 Å². The highest BCUT2D eigenvalue weighted by molar-refractivity contribution is 7.22. The lowest BCUT2D eigenvalue weighted by molar-refractivity contribution is -0.136. The summed E-state index contributed by atoms with van der Waals surface area (Å²) in [6, 6.07) is 8.25. The number of hydrogen-bond acceptors (Lipinski definition) is 4. The Morgan fingerprint density at radius 1 is 1.23 bits per heavy atom. The Morgan fingerprint density at radius 2 is 2.00 bits per heavy atom. The van der Waals surface area contributed by atoms with Crippen molar-refractivity contribution >= 4 is 55.8 Å². The number of para-hydroxylation sites is 1. The Bertz CT molecular complexity index is 976. The molecule has 0 unspecified atom stereocenters. The maximum Gasteiger partial charge on any atom is 0.418 e. The van der Waals surface area contributed by atoms with Crippen LogP contribution in [0, 0.1) is 0 Å². The van der Waals surface area contributed by atoms with Crippen LogP contribution in [0.3, 0.4) is 0 Å². The summed E-state index contributed by atoms with van der Waals surface area (Å²) >= 11 is 12.6. The lowest BCUT2D eigenvalue weighted by atomic mass is 10.2. The van der Waals surface area contributed by atoms with E-state index in [0.29, 0.717) is 9.72 Å². The minimum atomic E-state index is -4.52. The van der Waals surface area contributed by atoms with Gasteiger partial charge in [0.1, 0.15) is 5.75 Å². The van der Waals surface area contributed by atoms with Crippen LogP contribution >= 0.6 is 34.5 Å². The van der Waals surface area contributed by atoms with E-state index in [2.05, 4.69) is 10.3 Å². The molecule has 0 aliphatic carbocycles. The van der Waals surface area contributed by atoms with Crippen molar-refractivity contribution < 1.29 is 22.7 Å². The molecule has 0 radical (unpaired) electrons. The molecule has 1 heterocycles. The number of benzene rings is 2. The molecule has 1 N–H and O–H groups in total.